The molecule has 1 unspecified atom stereocenters. The number of nitrogens with one attached hydrogen (secondary N) is 1. The number of aromatic nitrogens is 2. The van der Waals surface area contributed by atoms with E-state index in [-0.39, 0.29) is 16.7 Å². The van der Waals surface area contributed by atoms with Crippen LogP contribution in [0.3, 0.4) is 0 Å². The van der Waals surface area contributed by atoms with Crippen molar-refractivity contribution >= 4 is 11.4 Å². The van der Waals surface area contributed by atoms with Crippen molar-refractivity contribution in [2.75, 3.05) is 0 Å². The molecule has 1 aromatic carbocycles. The number of ketones is 1. The van der Waals surface area contributed by atoms with Crippen LogP contribution in [0, 0.1) is 17.6 Å². The van der Waals surface area contributed by atoms with Crippen molar-refractivity contribution in [3.63, 3.8) is 0 Å². The summed E-state index contributed by atoms with van der Waals surface area (Å²) in [6, 6.07) is 5.56. The number of carbonyl (C=O) groups is 1. The molecule has 1 N–H and O–H groups in total. The van der Waals surface area contributed by atoms with Gasteiger partial charge in [-0.1, -0.05) is 6.92 Å². The fourth-order valence-corrected chi connectivity index (χ4v) is 3.53. The van der Waals surface area contributed by atoms with Gasteiger partial charge in [-0.3, -0.25) is 14.0 Å². The molecule has 2 aromatic heterocycles. The molecule has 4 rings (SSSR count). The quantitative estimate of drug-likeness (QED) is 0.727. The number of halogens is 2. The first-order valence-electron chi connectivity index (χ1n) is 8.21. The van der Waals surface area contributed by atoms with E-state index in [0.29, 0.717) is 17.6 Å². The van der Waals surface area contributed by atoms with Crippen molar-refractivity contribution in [3.8, 4) is 0 Å². The number of aromatic amines is 1. The number of hydrogen-bond donors (Lipinski definition) is 1. The predicted octanol–water partition coefficient (Wildman–Crippen LogP) is 3.26. The van der Waals surface area contributed by atoms with Crippen LogP contribution in [0.4, 0.5) is 8.78 Å². The Morgan fingerprint density at radius 1 is 1.20 bits per heavy atom. The first kappa shape index (κ1) is 15.7. The zero-order valence-corrected chi connectivity index (χ0v) is 13.6. The Balaban J connectivity index is 1.93. The highest BCUT2D eigenvalue weighted by Gasteiger charge is 2.25. The summed E-state index contributed by atoms with van der Waals surface area (Å²) in [6.45, 7) is 2.12. The van der Waals surface area contributed by atoms with Crippen LogP contribution in [0.25, 0.3) is 5.65 Å². The summed E-state index contributed by atoms with van der Waals surface area (Å²) in [6.07, 6.45) is 2.55. The lowest BCUT2D eigenvalue weighted by Crippen LogP contribution is -2.20. The number of H-pyrrole nitrogens is 1. The lowest BCUT2D eigenvalue weighted by Gasteiger charge is -2.17. The number of fused-ring (bicyclic) bond motifs is 3. The maximum Gasteiger partial charge on any atom is 0.256 e. The third kappa shape index (κ3) is 2.49. The third-order valence-corrected chi connectivity index (χ3v) is 4.83. The van der Waals surface area contributed by atoms with Gasteiger partial charge in [0.05, 0.1) is 11.1 Å². The molecule has 3 aromatic rings. The van der Waals surface area contributed by atoms with Crippen LogP contribution in [0.5, 0.6) is 0 Å². The van der Waals surface area contributed by atoms with E-state index in [1.54, 1.807) is 0 Å². The van der Waals surface area contributed by atoms with Gasteiger partial charge in [0.15, 0.2) is 5.78 Å². The minimum Gasteiger partial charge on any atom is -0.343 e. The van der Waals surface area contributed by atoms with Crippen LogP contribution in [-0.4, -0.2) is 15.2 Å². The maximum absolute atomic E-state index is 14.0. The first-order valence-corrected chi connectivity index (χ1v) is 8.21. The molecule has 0 saturated carbocycles. The molecule has 0 saturated heterocycles. The van der Waals surface area contributed by atoms with Crippen LogP contribution in [0.15, 0.2) is 35.1 Å². The van der Waals surface area contributed by atoms with E-state index < -0.39 is 17.4 Å². The summed E-state index contributed by atoms with van der Waals surface area (Å²) in [5.41, 5.74) is 1.95. The summed E-state index contributed by atoms with van der Waals surface area (Å²) in [5.74, 6) is -1.79. The van der Waals surface area contributed by atoms with E-state index >= 15 is 0 Å². The summed E-state index contributed by atoms with van der Waals surface area (Å²) in [7, 11) is 0. The van der Waals surface area contributed by atoms with E-state index in [1.165, 1.54) is 16.5 Å². The number of pyridine rings is 1. The van der Waals surface area contributed by atoms with Gasteiger partial charge in [-0.2, -0.15) is 0 Å². The lowest BCUT2D eigenvalue weighted by atomic mass is 9.91. The molecule has 128 valence electrons. The summed E-state index contributed by atoms with van der Waals surface area (Å²) in [4.78, 5) is 28.3. The lowest BCUT2D eigenvalue weighted by molar-refractivity contribution is 0.103. The van der Waals surface area contributed by atoms with E-state index in [1.807, 2.05) is 0 Å². The second-order valence-electron chi connectivity index (χ2n) is 6.62. The molecule has 4 nitrogen and oxygen atoms in total. The van der Waals surface area contributed by atoms with Crippen LogP contribution >= 0.6 is 0 Å². The van der Waals surface area contributed by atoms with Gasteiger partial charge in [0.1, 0.15) is 17.3 Å². The minimum atomic E-state index is -0.917. The van der Waals surface area contributed by atoms with Crippen molar-refractivity contribution in [1.29, 1.82) is 0 Å². The molecule has 6 heteroatoms. The average molecular weight is 342 g/mol. The van der Waals surface area contributed by atoms with Crippen molar-refractivity contribution in [2.45, 2.75) is 26.2 Å². The Labute approximate surface area is 142 Å². The monoisotopic (exact) mass is 342 g/mol. The fraction of sp³-hybridized carbons (Fsp3) is 0.263. The van der Waals surface area contributed by atoms with Gasteiger partial charge in [0.2, 0.25) is 0 Å². The Bertz CT molecular complexity index is 1070. The van der Waals surface area contributed by atoms with Crippen LogP contribution in [-0.2, 0) is 12.8 Å². The summed E-state index contributed by atoms with van der Waals surface area (Å²) >= 11 is 0. The smallest absolute Gasteiger partial charge is 0.256 e. The molecule has 0 bridgehead atoms. The van der Waals surface area contributed by atoms with Gasteiger partial charge in [-0.15, -0.1) is 0 Å². The summed E-state index contributed by atoms with van der Waals surface area (Å²) < 4.78 is 28.6. The van der Waals surface area contributed by atoms with Crippen LogP contribution < -0.4 is 5.56 Å². The van der Waals surface area contributed by atoms with E-state index in [2.05, 4.69) is 11.9 Å². The number of aryl methyl sites for hydroxylation is 1. The van der Waals surface area contributed by atoms with Crippen LogP contribution in [0.2, 0.25) is 0 Å². The number of carbonyl (C=O) groups excluding carboxylic acids is 1. The molecule has 1 aliphatic rings. The molecule has 2 heterocycles. The highest BCUT2D eigenvalue weighted by atomic mass is 19.1. The van der Waals surface area contributed by atoms with Gasteiger partial charge < -0.3 is 4.98 Å². The van der Waals surface area contributed by atoms with Gasteiger partial charge in [-0.25, -0.2) is 8.78 Å². The standard InChI is InChI=1S/C19H16F2N2O2/c1-10-2-6-15-16(8-10)23-17(24)7-5-13(19(23)22-15)18(25)12-4-3-11(20)9-14(12)21/h3-5,7,9-10,22H,2,6,8H2,1H3. The Kier molecular flexibility index (Phi) is 3.56. The minimum absolute atomic E-state index is 0.201. The van der Waals surface area contributed by atoms with Crippen LogP contribution in [0.1, 0.15) is 40.7 Å². The topological polar surface area (TPSA) is 54.3 Å². The highest BCUT2D eigenvalue weighted by Crippen LogP contribution is 2.27. The molecule has 0 amide bonds. The van der Waals surface area contributed by atoms with E-state index in [9.17, 15) is 18.4 Å². The highest BCUT2D eigenvalue weighted by molar-refractivity contribution is 6.12. The molecule has 0 aliphatic heterocycles. The Morgan fingerprint density at radius 3 is 2.72 bits per heavy atom. The fourth-order valence-electron chi connectivity index (χ4n) is 3.53. The molecular weight excluding hydrogens is 326 g/mol. The second-order valence-corrected chi connectivity index (χ2v) is 6.62. The number of benzene rings is 1. The molecule has 0 spiro atoms. The molecule has 0 radical (unpaired) electrons. The average Bonchev–Trinajstić information content (AvgIpc) is 2.94. The largest absolute Gasteiger partial charge is 0.343 e. The number of imidazole rings is 1. The number of nitrogens with zero attached hydrogens (tertiary/aromatic N) is 1. The van der Waals surface area contributed by atoms with Crippen molar-refractivity contribution in [3.05, 3.63) is 74.8 Å². The van der Waals surface area contributed by atoms with Crippen molar-refractivity contribution in [1.82, 2.24) is 9.38 Å². The zero-order valence-electron chi connectivity index (χ0n) is 13.6. The maximum atomic E-state index is 14.0. The van der Waals surface area contributed by atoms with E-state index in [0.717, 1.165) is 42.8 Å². The first-order chi connectivity index (χ1) is 12.0. The molecular formula is C19H16F2N2O2. The Hall–Kier alpha value is -2.76. The van der Waals surface area contributed by atoms with Gasteiger partial charge in [0, 0.05) is 23.5 Å². The second kappa shape index (κ2) is 5.65. The van der Waals surface area contributed by atoms with Gasteiger partial charge in [0.25, 0.3) is 5.56 Å². The SMILES string of the molecule is CC1CCc2[nH]c3c(C(=O)c4ccc(F)cc4F)ccc(=O)n3c2C1. The van der Waals surface area contributed by atoms with Crippen molar-refractivity contribution in [2.24, 2.45) is 5.92 Å². The summed E-state index contributed by atoms with van der Waals surface area (Å²) in [5, 5.41) is 0. The van der Waals surface area contributed by atoms with Gasteiger partial charge >= 0.3 is 0 Å². The normalized spacial score (nSPS) is 16.8. The number of rotatable bonds is 2. The predicted molar refractivity (Wildman–Crippen MR) is 89.0 cm³/mol. The van der Waals surface area contributed by atoms with E-state index in [4.69, 9.17) is 0 Å². The molecule has 1 atom stereocenters. The zero-order chi connectivity index (χ0) is 17.7. The number of hydrogen-bond acceptors (Lipinski definition) is 2. The molecule has 25 heavy (non-hydrogen) atoms. The Morgan fingerprint density at radius 2 is 1.96 bits per heavy atom. The third-order valence-electron chi connectivity index (χ3n) is 4.83. The van der Waals surface area contributed by atoms with Crippen molar-refractivity contribution < 1.29 is 13.6 Å². The molecule has 1 aliphatic carbocycles. The molecule has 0 fully saturated rings. The van der Waals surface area contributed by atoms with Gasteiger partial charge in [-0.05, 0) is 43.4 Å².